The minimum absolute atomic E-state index is 0.133. The van der Waals surface area contributed by atoms with Gasteiger partial charge in [-0.15, -0.1) is 5.10 Å². The SMILES string of the molecule is Cc1nc(SCC(=O)N2CCC(OCc3cccnc3)CC2)n[nH]1. The quantitative estimate of drug-likeness (QED) is 0.802. The maximum atomic E-state index is 12.3. The van der Waals surface area contributed by atoms with Crippen LogP contribution in [0.4, 0.5) is 0 Å². The molecule has 7 nitrogen and oxygen atoms in total. The van der Waals surface area contributed by atoms with E-state index in [9.17, 15) is 4.79 Å². The average Bonchev–Trinajstić information content (AvgIpc) is 3.04. The first kappa shape index (κ1) is 16.9. The van der Waals surface area contributed by atoms with Crippen LogP contribution in [0.3, 0.4) is 0 Å². The Hall–Kier alpha value is -1.93. The number of piperidine rings is 1. The van der Waals surface area contributed by atoms with E-state index in [4.69, 9.17) is 4.74 Å². The summed E-state index contributed by atoms with van der Waals surface area (Å²) in [6, 6.07) is 3.92. The van der Waals surface area contributed by atoms with Gasteiger partial charge in [0.2, 0.25) is 11.1 Å². The molecule has 1 amide bonds. The lowest BCUT2D eigenvalue weighted by Gasteiger charge is -2.31. The number of aromatic nitrogens is 4. The zero-order chi connectivity index (χ0) is 16.8. The second-order valence-electron chi connectivity index (χ2n) is 5.74. The van der Waals surface area contributed by atoms with E-state index < -0.39 is 0 Å². The van der Waals surface area contributed by atoms with Crippen molar-refractivity contribution in [3.8, 4) is 0 Å². The summed E-state index contributed by atoms with van der Waals surface area (Å²) in [7, 11) is 0. The first-order valence-corrected chi connectivity index (χ1v) is 8.99. The lowest BCUT2D eigenvalue weighted by Crippen LogP contribution is -2.41. The van der Waals surface area contributed by atoms with Crippen LogP contribution in [0.5, 0.6) is 0 Å². The monoisotopic (exact) mass is 347 g/mol. The number of thioether (sulfide) groups is 1. The summed E-state index contributed by atoms with van der Waals surface area (Å²) >= 11 is 1.37. The predicted octanol–water partition coefficient (Wildman–Crippen LogP) is 1.81. The molecule has 1 N–H and O–H groups in total. The van der Waals surface area contributed by atoms with Gasteiger partial charge in [-0.3, -0.25) is 14.9 Å². The number of H-pyrrole nitrogens is 1. The predicted molar refractivity (Wildman–Crippen MR) is 90.5 cm³/mol. The standard InChI is InChI=1S/C16H21N5O2S/c1-12-18-16(20-19-12)24-11-15(22)21-7-4-14(5-8-21)23-10-13-3-2-6-17-9-13/h2-3,6,9,14H,4-5,7-8,10-11H2,1H3,(H,18,19,20). The van der Waals surface area contributed by atoms with Crippen molar-refractivity contribution < 1.29 is 9.53 Å². The van der Waals surface area contributed by atoms with Gasteiger partial charge in [0.25, 0.3) is 0 Å². The van der Waals surface area contributed by atoms with Crippen molar-refractivity contribution in [1.82, 2.24) is 25.1 Å². The molecule has 0 radical (unpaired) electrons. The van der Waals surface area contributed by atoms with Crippen LogP contribution in [0.15, 0.2) is 29.7 Å². The number of hydrogen-bond acceptors (Lipinski definition) is 6. The Morgan fingerprint density at radius 1 is 1.46 bits per heavy atom. The van der Waals surface area contributed by atoms with Crippen LogP contribution >= 0.6 is 11.8 Å². The van der Waals surface area contributed by atoms with Gasteiger partial charge < -0.3 is 9.64 Å². The number of pyridine rings is 1. The van der Waals surface area contributed by atoms with Gasteiger partial charge in [-0.05, 0) is 31.4 Å². The van der Waals surface area contributed by atoms with E-state index in [1.54, 1.807) is 6.20 Å². The molecular formula is C16H21N5O2S. The van der Waals surface area contributed by atoms with Crippen LogP contribution in [0.25, 0.3) is 0 Å². The molecule has 0 unspecified atom stereocenters. The van der Waals surface area contributed by atoms with Crippen molar-refractivity contribution in [2.45, 2.75) is 37.6 Å². The van der Waals surface area contributed by atoms with Crippen molar-refractivity contribution in [3.05, 3.63) is 35.9 Å². The maximum Gasteiger partial charge on any atom is 0.233 e. The minimum Gasteiger partial charge on any atom is -0.373 e. The van der Waals surface area contributed by atoms with Crippen LogP contribution in [0.2, 0.25) is 0 Å². The number of amides is 1. The molecule has 1 aliphatic rings. The molecule has 24 heavy (non-hydrogen) atoms. The largest absolute Gasteiger partial charge is 0.373 e. The summed E-state index contributed by atoms with van der Waals surface area (Å²) in [6.07, 6.45) is 5.52. The van der Waals surface area contributed by atoms with Crippen molar-refractivity contribution in [2.75, 3.05) is 18.8 Å². The van der Waals surface area contributed by atoms with Crippen molar-refractivity contribution in [1.29, 1.82) is 0 Å². The molecule has 3 heterocycles. The molecule has 0 aromatic carbocycles. The van der Waals surface area contributed by atoms with E-state index in [1.165, 1.54) is 11.8 Å². The summed E-state index contributed by atoms with van der Waals surface area (Å²) in [4.78, 5) is 22.4. The maximum absolute atomic E-state index is 12.3. The number of nitrogens with zero attached hydrogens (tertiary/aromatic N) is 4. The molecule has 1 fully saturated rings. The third kappa shape index (κ3) is 4.78. The molecule has 0 saturated carbocycles. The first-order valence-electron chi connectivity index (χ1n) is 8.01. The number of hydrogen-bond donors (Lipinski definition) is 1. The fraction of sp³-hybridized carbons (Fsp3) is 0.500. The molecule has 0 atom stereocenters. The zero-order valence-electron chi connectivity index (χ0n) is 13.6. The molecule has 128 valence electrons. The minimum atomic E-state index is 0.133. The molecule has 0 aliphatic carbocycles. The third-order valence-electron chi connectivity index (χ3n) is 3.90. The smallest absolute Gasteiger partial charge is 0.233 e. The van der Waals surface area contributed by atoms with Gasteiger partial charge in [0, 0.05) is 25.5 Å². The Balaban J connectivity index is 1.37. The van der Waals surface area contributed by atoms with Crippen LogP contribution in [-0.4, -0.2) is 55.9 Å². The number of rotatable bonds is 6. The average molecular weight is 347 g/mol. The highest BCUT2D eigenvalue weighted by atomic mass is 32.2. The van der Waals surface area contributed by atoms with E-state index in [1.807, 2.05) is 30.2 Å². The second kappa shape index (κ2) is 8.25. The first-order chi connectivity index (χ1) is 11.7. The number of carbonyl (C=O) groups excluding carboxylic acids is 1. The molecule has 2 aromatic heterocycles. The van der Waals surface area contributed by atoms with E-state index in [0.29, 0.717) is 17.5 Å². The Labute approximate surface area is 145 Å². The number of aromatic amines is 1. The topological polar surface area (TPSA) is 84.0 Å². The fourth-order valence-corrected chi connectivity index (χ4v) is 3.32. The Kier molecular flexibility index (Phi) is 5.81. The molecule has 1 saturated heterocycles. The fourth-order valence-electron chi connectivity index (χ4n) is 2.57. The molecule has 3 rings (SSSR count). The molecule has 2 aromatic rings. The van der Waals surface area contributed by atoms with Crippen LogP contribution < -0.4 is 0 Å². The summed E-state index contributed by atoms with van der Waals surface area (Å²) < 4.78 is 5.92. The number of carbonyl (C=O) groups is 1. The van der Waals surface area contributed by atoms with E-state index in [2.05, 4.69) is 20.2 Å². The lowest BCUT2D eigenvalue weighted by molar-refractivity contribution is -0.131. The van der Waals surface area contributed by atoms with Crippen molar-refractivity contribution in [3.63, 3.8) is 0 Å². The molecule has 8 heteroatoms. The Bertz CT molecular complexity index is 655. The van der Waals surface area contributed by atoms with Gasteiger partial charge in [0.15, 0.2) is 0 Å². The van der Waals surface area contributed by atoms with E-state index in [-0.39, 0.29) is 12.0 Å². The van der Waals surface area contributed by atoms with Crippen molar-refractivity contribution >= 4 is 17.7 Å². The normalized spacial score (nSPS) is 15.6. The lowest BCUT2D eigenvalue weighted by atomic mass is 10.1. The number of ether oxygens (including phenoxy) is 1. The Morgan fingerprint density at radius 3 is 2.96 bits per heavy atom. The summed E-state index contributed by atoms with van der Waals surface area (Å²) in [6.45, 7) is 3.90. The number of aryl methyl sites for hydroxylation is 1. The summed E-state index contributed by atoms with van der Waals surface area (Å²) in [5, 5.41) is 7.43. The van der Waals surface area contributed by atoms with Crippen molar-refractivity contribution in [2.24, 2.45) is 0 Å². The van der Waals surface area contributed by atoms with Gasteiger partial charge in [-0.25, -0.2) is 4.98 Å². The zero-order valence-corrected chi connectivity index (χ0v) is 14.5. The van der Waals surface area contributed by atoms with Gasteiger partial charge >= 0.3 is 0 Å². The molecule has 0 bridgehead atoms. The molecule has 0 spiro atoms. The van der Waals surface area contributed by atoms with Crippen LogP contribution in [-0.2, 0) is 16.1 Å². The number of nitrogens with one attached hydrogen (secondary N) is 1. The highest BCUT2D eigenvalue weighted by molar-refractivity contribution is 7.99. The van der Waals surface area contributed by atoms with Gasteiger partial charge in [-0.2, -0.15) is 0 Å². The highest BCUT2D eigenvalue weighted by Gasteiger charge is 2.23. The Morgan fingerprint density at radius 2 is 2.29 bits per heavy atom. The van der Waals surface area contributed by atoms with E-state index >= 15 is 0 Å². The van der Waals surface area contributed by atoms with Crippen LogP contribution in [0.1, 0.15) is 24.2 Å². The second-order valence-corrected chi connectivity index (χ2v) is 6.69. The summed E-state index contributed by atoms with van der Waals surface area (Å²) in [5.41, 5.74) is 1.08. The van der Waals surface area contributed by atoms with Gasteiger partial charge in [0.1, 0.15) is 5.82 Å². The van der Waals surface area contributed by atoms with Gasteiger partial charge in [-0.1, -0.05) is 17.8 Å². The highest BCUT2D eigenvalue weighted by Crippen LogP contribution is 2.18. The third-order valence-corrected chi connectivity index (χ3v) is 4.74. The summed E-state index contributed by atoms with van der Waals surface area (Å²) in [5.74, 6) is 1.27. The molecule has 1 aliphatic heterocycles. The van der Waals surface area contributed by atoms with Crippen LogP contribution in [0, 0.1) is 6.92 Å². The number of likely N-dealkylation sites (tertiary alicyclic amines) is 1. The van der Waals surface area contributed by atoms with E-state index in [0.717, 1.165) is 37.3 Å². The molecular weight excluding hydrogens is 326 g/mol. The van der Waals surface area contributed by atoms with Gasteiger partial charge in [0.05, 0.1) is 18.5 Å².